The van der Waals surface area contributed by atoms with Crippen molar-refractivity contribution in [2.24, 2.45) is 5.92 Å². The van der Waals surface area contributed by atoms with Crippen LogP contribution < -0.4 is 0 Å². The molecule has 0 heterocycles. The van der Waals surface area contributed by atoms with Gasteiger partial charge in [0.15, 0.2) is 6.29 Å². The lowest BCUT2D eigenvalue weighted by Gasteiger charge is -2.27. The molecule has 3 heteroatoms. The lowest BCUT2D eigenvalue weighted by atomic mass is 9.82. The predicted molar refractivity (Wildman–Crippen MR) is 54.7 cm³/mol. The van der Waals surface area contributed by atoms with Gasteiger partial charge in [0.25, 0.3) is 0 Å². The standard InChI is InChI=1S/C11H20O3/c1-8(7-11(13)14-2)9-3-5-10(12)6-4-9/h9-13H,1,3-7H2,2H3. The zero-order valence-electron chi connectivity index (χ0n) is 8.78. The number of methoxy groups -OCH3 is 1. The molecule has 1 fully saturated rings. The summed E-state index contributed by atoms with van der Waals surface area (Å²) in [5.41, 5.74) is 1.05. The Hall–Kier alpha value is -0.380. The van der Waals surface area contributed by atoms with Gasteiger partial charge >= 0.3 is 0 Å². The fourth-order valence-electron chi connectivity index (χ4n) is 1.96. The summed E-state index contributed by atoms with van der Waals surface area (Å²) in [6, 6.07) is 0. The van der Waals surface area contributed by atoms with Crippen LogP contribution in [0.1, 0.15) is 32.1 Å². The minimum atomic E-state index is -0.727. The van der Waals surface area contributed by atoms with Gasteiger partial charge in [-0.25, -0.2) is 0 Å². The SMILES string of the molecule is C=C(CC(O)OC)C1CCC(O)CC1. The first kappa shape index (κ1) is 11.7. The smallest absolute Gasteiger partial charge is 0.157 e. The van der Waals surface area contributed by atoms with Crippen LogP contribution >= 0.6 is 0 Å². The van der Waals surface area contributed by atoms with Gasteiger partial charge in [0.2, 0.25) is 0 Å². The number of hydrogen-bond acceptors (Lipinski definition) is 3. The van der Waals surface area contributed by atoms with E-state index in [2.05, 4.69) is 6.58 Å². The van der Waals surface area contributed by atoms with Crippen LogP contribution in [0.3, 0.4) is 0 Å². The van der Waals surface area contributed by atoms with Gasteiger partial charge < -0.3 is 14.9 Å². The summed E-state index contributed by atoms with van der Waals surface area (Å²) in [6.45, 7) is 3.97. The molecule has 1 atom stereocenters. The van der Waals surface area contributed by atoms with Crippen LogP contribution in [0.25, 0.3) is 0 Å². The first-order chi connectivity index (χ1) is 6.63. The molecule has 1 saturated carbocycles. The van der Waals surface area contributed by atoms with Crippen molar-refractivity contribution in [3.63, 3.8) is 0 Å². The maximum atomic E-state index is 9.33. The van der Waals surface area contributed by atoms with Gasteiger partial charge in [0, 0.05) is 13.5 Å². The molecule has 1 unspecified atom stereocenters. The quantitative estimate of drug-likeness (QED) is 0.533. The predicted octanol–water partition coefficient (Wildman–Crippen LogP) is 1.45. The van der Waals surface area contributed by atoms with Crippen LogP contribution in [0.15, 0.2) is 12.2 Å². The molecule has 82 valence electrons. The number of ether oxygens (including phenoxy) is 1. The summed E-state index contributed by atoms with van der Waals surface area (Å²) >= 11 is 0. The lowest BCUT2D eigenvalue weighted by molar-refractivity contribution is -0.0735. The maximum Gasteiger partial charge on any atom is 0.157 e. The van der Waals surface area contributed by atoms with E-state index in [-0.39, 0.29) is 6.10 Å². The van der Waals surface area contributed by atoms with Crippen molar-refractivity contribution in [1.29, 1.82) is 0 Å². The van der Waals surface area contributed by atoms with Crippen molar-refractivity contribution in [3.05, 3.63) is 12.2 Å². The molecule has 0 saturated heterocycles. The van der Waals surface area contributed by atoms with E-state index >= 15 is 0 Å². The van der Waals surface area contributed by atoms with E-state index in [0.717, 1.165) is 31.3 Å². The average molecular weight is 200 g/mol. The molecule has 0 bridgehead atoms. The second kappa shape index (κ2) is 5.49. The fraction of sp³-hybridized carbons (Fsp3) is 0.818. The number of hydrogen-bond donors (Lipinski definition) is 2. The Morgan fingerprint density at radius 2 is 2.00 bits per heavy atom. The van der Waals surface area contributed by atoms with Crippen molar-refractivity contribution >= 4 is 0 Å². The Kier molecular flexibility index (Phi) is 4.58. The molecule has 0 aromatic rings. The molecular formula is C11H20O3. The molecule has 0 aliphatic heterocycles. The Balaban J connectivity index is 2.30. The first-order valence-electron chi connectivity index (χ1n) is 5.20. The van der Waals surface area contributed by atoms with Crippen LogP contribution in [0, 0.1) is 5.92 Å². The van der Waals surface area contributed by atoms with Gasteiger partial charge in [-0.05, 0) is 31.6 Å². The summed E-state index contributed by atoms with van der Waals surface area (Å²) in [4.78, 5) is 0. The van der Waals surface area contributed by atoms with E-state index in [1.807, 2.05) is 0 Å². The van der Waals surface area contributed by atoms with Gasteiger partial charge in [0.05, 0.1) is 6.10 Å². The van der Waals surface area contributed by atoms with Gasteiger partial charge in [0.1, 0.15) is 0 Å². The first-order valence-corrected chi connectivity index (χ1v) is 5.20. The molecule has 2 N–H and O–H groups in total. The van der Waals surface area contributed by atoms with E-state index in [1.165, 1.54) is 7.11 Å². The monoisotopic (exact) mass is 200 g/mol. The van der Waals surface area contributed by atoms with Gasteiger partial charge in [-0.2, -0.15) is 0 Å². The lowest BCUT2D eigenvalue weighted by Crippen LogP contribution is -2.21. The van der Waals surface area contributed by atoms with Crippen molar-refractivity contribution < 1.29 is 14.9 Å². The molecule has 14 heavy (non-hydrogen) atoms. The fourth-order valence-corrected chi connectivity index (χ4v) is 1.96. The van der Waals surface area contributed by atoms with Crippen LogP contribution in [0.2, 0.25) is 0 Å². The largest absolute Gasteiger partial charge is 0.393 e. The van der Waals surface area contributed by atoms with E-state index in [1.54, 1.807) is 0 Å². The van der Waals surface area contributed by atoms with Crippen molar-refractivity contribution in [3.8, 4) is 0 Å². The summed E-state index contributed by atoms with van der Waals surface area (Å²) < 4.78 is 4.78. The van der Waals surface area contributed by atoms with Gasteiger partial charge in [-0.15, -0.1) is 0 Å². The topological polar surface area (TPSA) is 49.7 Å². The molecule has 0 amide bonds. The Morgan fingerprint density at radius 3 is 2.50 bits per heavy atom. The Labute approximate surface area is 85.4 Å². The van der Waals surface area contributed by atoms with Gasteiger partial charge in [-0.3, -0.25) is 0 Å². The van der Waals surface area contributed by atoms with Crippen LogP contribution in [0.4, 0.5) is 0 Å². The highest BCUT2D eigenvalue weighted by Gasteiger charge is 2.22. The molecule has 0 spiro atoms. The number of aliphatic hydroxyl groups excluding tert-OH is 2. The second-order valence-corrected chi connectivity index (χ2v) is 4.06. The highest BCUT2D eigenvalue weighted by molar-refractivity contribution is 5.02. The van der Waals surface area contributed by atoms with Crippen molar-refractivity contribution in [2.45, 2.75) is 44.5 Å². The highest BCUT2D eigenvalue weighted by Crippen LogP contribution is 2.31. The summed E-state index contributed by atoms with van der Waals surface area (Å²) in [7, 11) is 1.49. The van der Waals surface area contributed by atoms with E-state index in [0.29, 0.717) is 12.3 Å². The molecule has 1 aliphatic rings. The molecule has 0 radical (unpaired) electrons. The number of rotatable bonds is 4. The zero-order chi connectivity index (χ0) is 10.6. The highest BCUT2D eigenvalue weighted by atomic mass is 16.6. The average Bonchev–Trinajstić information content (AvgIpc) is 2.18. The summed E-state index contributed by atoms with van der Waals surface area (Å²) in [5.74, 6) is 0.447. The molecule has 0 aromatic heterocycles. The third-order valence-electron chi connectivity index (χ3n) is 2.98. The summed E-state index contributed by atoms with van der Waals surface area (Å²) in [6.07, 6.45) is 3.32. The van der Waals surface area contributed by atoms with E-state index in [4.69, 9.17) is 4.74 Å². The minimum Gasteiger partial charge on any atom is -0.393 e. The Bertz CT molecular complexity index is 183. The van der Waals surface area contributed by atoms with Crippen LogP contribution in [-0.4, -0.2) is 29.7 Å². The third-order valence-corrected chi connectivity index (χ3v) is 2.98. The maximum absolute atomic E-state index is 9.33. The molecule has 1 rings (SSSR count). The third kappa shape index (κ3) is 3.40. The molecule has 1 aliphatic carbocycles. The van der Waals surface area contributed by atoms with E-state index < -0.39 is 6.29 Å². The molecule has 3 nitrogen and oxygen atoms in total. The normalized spacial score (nSPS) is 29.9. The van der Waals surface area contributed by atoms with Crippen LogP contribution in [0.5, 0.6) is 0 Å². The van der Waals surface area contributed by atoms with Gasteiger partial charge in [-0.1, -0.05) is 12.2 Å². The minimum absolute atomic E-state index is 0.133. The summed E-state index contributed by atoms with van der Waals surface area (Å²) in [5, 5.41) is 18.6. The van der Waals surface area contributed by atoms with Crippen molar-refractivity contribution in [1.82, 2.24) is 0 Å². The Morgan fingerprint density at radius 1 is 1.43 bits per heavy atom. The molecular weight excluding hydrogens is 180 g/mol. The zero-order valence-corrected chi connectivity index (χ0v) is 8.78. The second-order valence-electron chi connectivity index (χ2n) is 4.06. The van der Waals surface area contributed by atoms with E-state index in [9.17, 15) is 10.2 Å². The molecule has 0 aromatic carbocycles. The number of aliphatic hydroxyl groups is 2. The van der Waals surface area contributed by atoms with Crippen LogP contribution in [-0.2, 0) is 4.74 Å². The van der Waals surface area contributed by atoms with Crippen molar-refractivity contribution in [2.75, 3.05) is 7.11 Å².